The van der Waals surface area contributed by atoms with Crippen molar-refractivity contribution in [3.63, 3.8) is 0 Å². The lowest BCUT2D eigenvalue weighted by Gasteiger charge is -2.13. The van der Waals surface area contributed by atoms with Crippen LogP contribution < -0.4 is 10.6 Å². The molecule has 0 radical (unpaired) electrons. The van der Waals surface area contributed by atoms with Gasteiger partial charge < -0.3 is 0 Å². The molecule has 0 atom stereocenters. The van der Waals surface area contributed by atoms with E-state index < -0.39 is 0 Å². The van der Waals surface area contributed by atoms with Gasteiger partial charge in [-0.05, 0) is 12.2 Å². The Hall–Kier alpha value is -2.08. The molecule has 1 saturated heterocycles. The second-order valence-corrected chi connectivity index (χ2v) is 5.03. The first-order valence-corrected chi connectivity index (χ1v) is 7.07. The first-order valence-electron chi connectivity index (χ1n) is 7.07. The summed E-state index contributed by atoms with van der Waals surface area (Å²) in [6, 6.07) is 10.1. The molecule has 0 aromatic heterocycles. The van der Waals surface area contributed by atoms with E-state index in [9.17, 15) is 0 Å². The smallest absolute Gasteiger partial charge is 0.154 e. The number of hydrogen-bond acceptors (Lipinski definition) is 5. The fraction of sp³-hybridized carbons (Fsp3) is 0.188. The van der Waals surface area contributed by atoms with Gasteiger partial charge in [0.15, 0.2) is 6.29 Å². The van der Waals surface area contributed by atoms with E-state index in [2.05, 4.69) is 20.9 Å². The molecule has 0 unspecified atom stereocenters. The van der Waals surface area contributed by atoms with E-state index in [0.717, 1.165) is 41.3 Å². The molecule has 1 aromatic carbocycles. The highest BCUT2D eigenvalue weighted by atomic mass is 35.5. The van der Waals surface area contributed by atoms with Crippen LogP contribution in [0.4, 0.5) is 0 Å². The van der Waals surface area contributed by atoms with Gasteiger partial charge in [-0.2, -0.15) is 0 Å². The highest BCUT2D eigenvalue weighted by Gasteiger charge is 2.25. The molecule has 0 spiro atoms. The number of halogens is 1. The van der Waals surface area contributed by atoms with Crippen molar-refractivity contribution < 1.29 is 0 Å². The summed E-state index contributed by atoms with van der Waals surface area (Å²) in [6.45, 7) is 1.88. The molecule has 1 fully saturated rings. The molecule has 5 nitrogen and oxygen atoms in total. The van der Waals surface area contributed by atoms with E-state index in [1.165, 1.54) is 0 Å². The number of rotatable bonds is 2. The van der Waals surface area contributed by atoms with Crippen molar-refractivity contribution in [1.82, 2.24) is 10.6 Å². The largest absolute Gasteiger partial charge is 0.282 e. The molecule has 112 valence electrons. The van der Waals surface area contributed by atoms with Crippen LogP contribution in [0.2, 0.25) is 0 Å². The van der Waals surface area contributed by atoms with Crippen LogP contribution in [-0.4, -0.2) is 25.1 Å². The maximum Gasteiger partial charge on any atom is 0.154 e. The van der Waals surface area contributed by atoms with Crippen molar-refractivity contribution in [2.75, 3.05) is 13.1 Å². The Morgan fingerprint density at radius 2 is 1.82 bits per heavy atom. The predicted molar refractivity (Wildman–Crippen MR) is 89.9 cm³/mol. The van der Waals surface area contributed by atoms with E-state index in [-0.39, 0.29) is 18.7 Å². The molecule has 3 aliphatic rings. The fourth-order valence-corrected chi connectivity index (χ4v) is 2.63. The number of benzene rings is 1. The molecule has 2 N–H and O–H groups in total. The number of fused-ring (bicyclic) bond motifs is 1. The van der Waals surface area contributed by atoms with Crippen LogP contribution in [-0.2, 0) is 0 Å². The van der Waals surface area contributed by atoms with E-state index in [1.54, 1.807) is 0 Å². The van der Waals surface area contributed by atoms with Crippen LogP contribution in [0.15, 0.2) is 75.1 Å². The summed E-state index contributed by atoms with van der Waals surface area (Å²) in [7, 11) is 0. The molecule has 1 aromatic rings. The molecule has 0 amide bonds. The molecule has 2 aliphatic heterocycles. The Bertz CT molecular complexity index is 709. The van der Waals surface area contributed by atoms with Gasteiger partial charge in [-0.3, -0.25) is 15.6 Å². The average Bonchev–Trinajstić information content (AvgIpc) is 3.18. The Balaban J connectivity index is 0.00000144. The van der Waals surface area contributed by atoms with Gasteiger partial charge in [0, 0.05) is 18.7 Å². The summed E-state index contributed by atoms with van der Waals surface area (Å²) in [5.74, 6) is 0. The second kappa shape index (κ2) is 6.36. The lowest BCUT2D eigenvalue weighted by molar-refractivity contribution is 0.581. The maximum atomic E-state index is 4.74. The van der Waals surface area contributed by atoms with Crippen molar-refractivity contribution in [3.05, 3.63) is 65.4 Å². The minimum Gasteiger partial charge on any atom is -0.282 e. The summed E-state index contributed by atoms with van der Waals surface area (Å²) in [6.07, 6.45) is 5.93. The number of aliphatic imine (C=N–C) groups is 1. The van der Waals surface area contributed by atoms with Crippen LogP contribution in [0.3, 0.4) is 0 Å². The summed E-state index contributed by atoms with van der Waals surface area (Å²) in [5.41, 5.74) is 4.77. The Morgan fingerprint density at radius 1 is 1.05 bits per heavy atom. The molecule has 22 heavy (non-hydrogen) atoms. The second-order valence-electron chi connectivity index (χ2n) is 5.03. The minimum absolute atomic E-state index is 0. The van der Waals surface area contributed by atoms with Gasteiger partial charge in [-0.25, -0.2) is 0 Å². The van der Waals surface area contributed by atoms with E-state index in [0.29, 0.717) is 0 Å². The normalized spacial score (nSPS) is 22.0. The SMILES string of the molecule is C1=CC(=NC2NCCN2)C2=C(c3ccccc3)N=NC2=C1.Cl. The van der Waals surface area contributed by atoms with Crippen molar-refractivity contribution >= 4 is 23.8 Å². The Labute approximate surface area is 135 Å². The third-order valence-electron chi connectivity index (χ3n) is 3.63. The van der Waals surface area contributed by atoms with Crippen LogP contribution in [0.5, 0.6) is 0 Å². The van der Waals surface area contributed by atoms with Gasteiger partial charge in [0.05, 0.1) is 17.0 Å². The van der Waals surface area contributed by atoms with Gasteiger partial charge in [0.1, 0.15) is 5.70 Å². The Morgan fingerprint density at radius 3 is 2.59 bits per heavy atom. The van der Waals surface area contributed by atoms with Gasteiger partial charge in [0.25, 0.3) is 0 Å². The van der Waals surface area contributed by atoms with Crippen LogP contribution in [0, 0.1) is 0 Å². The number of nitrogens with one attached hydrogen (secondary N) is 2. The van der Waals surface area contributed by atoms with Gasteiger partial charge in [-0.1, -0.05) is 36.4 Å². The zero-order chi connectivity index (χ0) is 14.1. The fourth-order valence-electron chi connectivity index (χ4n) is 2.63. The summed E-state index contributed by atoms with van der Waals surface area (Å²) >= 11 is 0. The van der Waals surface area contributed by atoms with E-state index >= 15 is 0 Å². The Kier molecular flexibility index (Phi) is 4.29. The first kappa shape index (κ1) is 14.8. The summed E-state index contributed by atoms with van der Waals surface area (Å²) in [4.78, 5) is 4.74. The third kappa shape index (κ3) is 2.66. The zero-order valence-corrected chi connectivity index (χ0v) is 12.7. The lowest BCUT2D eigenvalue weighted by atomic mass is 9.97. The molecule has 2 heterocycles. The van der Waals surface area contributed by atoms with Gasteiger partial charge in [-0.15, -0.1) is 22.6 Å². The van der Waals surface area contributed by atoms with Crippen LogP contribution >= 0.6 is 12.4 Å². The van der Waals surface area contributed by atoms with Crippen LogP contribution in [0.25, 0.3) is 5.70 Å². The van der Waals surface area contributed by atoms with E-state index in [4.69, 9.17) is 4.99 Å². The number of nitrogens with zero attached hydrogens (tertiary/aromatic N) is 3. The predicted octanol–water partition coefficient (Wildman–Crippen LogP) is 2.66. The lowest BCUT2D eigenvalue weighted by Crippen LogP contribution is -2.30. The molecular formula is C16H16ClN5. The van der Waals surface area contributed by atoms with E-state index in [1.807, 2.05) is 48.6 Å². The molecule has 1 aliphatic carbocycles. The quantitative estimate of drug-likeness (QED) is 0.882. The monoisotopic (exact) mass is 313 g/mol. The van der Waals surface area contributed by atoms with Crippen LogP contribution in [0.1, 0.15) is 5.56 Å². The molecule has 0 bridgehead atoms. The molecule has 6 heteroatoms. The van der Waals surface area contributed by atoms with Crippen molar-refractivity contribution in [1.29, 1.82) is 0 Å². The van der Waals surface area contributed by atoms with Gasteiger partial charge >= 0.3 is 0 Å². The van der Waals surface area contributed by atoms with Gasteiger partial charge in [0.2, 0.25) is 0 Å². The standard InChI is InChI=1S/C16H15N5.ClH/c1-2-5-11(6-3-1)15-14-12(19-16-17-9-10-18-16)7-4-8-13(14)20-21-15;/h1-8,16-18H,9-10H2;1H. The molecule has 4 rings (SSSR count). The average molecular weight is 314 g/mol. The summed E-state index contributed by atoms with van der Waals surface area (Å²) < 4.78 is 0. The molecule has 0 saturated carbocycles. The topological polar surface area (TPSA) is 61.1 Å². The van der Waals surface area contributed by atoms with Crippen molar-refractivity contribution in [3.8, 4) is 0 Å². The highest BCUT2D eigenvalue weighted by Crippen LogP contribution is 2.35. The maximum absolute atomic E-state index is 4.74. The van der Waals surface area contributed by atoms with Crippen molar-refractivity contribution in [2.45, 2.75) is 6.29 Å². The number of hydrogen-bond donors (Lipinski definition) is 2. The minimum atomic E-state index is -0.0332. The van der Waals surface area contributed by atoms with Crippen molar-refractivity contribution in [2.24, 2.45) is 15.2 Å². The third-order valence-corrected chi connectivity index (χ3v) is 3.63. The summed E-state index contributed by atoms with van der Waals surface area (Å²) in [5, 5.41) is 15.2. The number of allylic oxidation sites excluding steroid dienone is 4. The zero-order valence-electron chi connectivity index (χ0n) is 11.9. The number of azo groups is 1. The highest BCUT2D eigenvalue weighted by molar-refractivity contribution is 6.17. The first-order chi connectivity index (χ1) is 10.4. The molecular weight excluding hydrogens is 298 g/mol.